The summed E-state index contributed by atoms with van der Waals surface area (Å²) in [5.41, 5.74) is 1.91. The lowest BCUT2D eigenvalue weighted by Gasteiger charge is -2.32. The summed E-state index contributed by atoms with van der Waals surface area (Å²) >= 11 is 0. The fourth-order valence-corrected chi connectivity index (χ4v) is 3.29. The van der Waals surface area contributed by atoms with Crippen LogP contribution < -0.4 is 10.6 Å². The van der Waals surface area contributed by atoms with E-state index in [4.69, 9.17) is 4.99 Å². The van der Waals surface area contributed by atoms with Gasteiger partial charge in [-0.25, -0.2) is 4.99 Å². The predicted octanol–water partition coefficient (Wildman–Crippen LogP) is 3.20. The fourth-order valence-electron chi connectivity index (χ4n) is 3.29. The van der Waals surface area contributed by atoms with Gasteiger partial charge in [-0.15, -0.1) is 0 Å². The van der Waals surface area contributed by atoms with E-state index >= 15 is 0 Å². The third kappa shape index (κ3) is 3.48. The van der Waals surface area contributed by atoms with Crippen molar-refractivity contribution < 1.29 is 0 Å². The molecule has 0 bridgehead atoms. The molecule has 3 rings (SSSR count). The van der Waals surface area contributed by atoms with Crippen molar-refractivity contribution in [2.75, 3.05) is 0 Å². The highest BCUT2D eigenvalue weighted by atomic mass is 15.2. The third-order valence-corrected chi connectivity index (χ3v) is 4.98. The van der Waals surface area contributed by atoms with Crippen LogP contribution >= 0.6 is 0 Å². The normalized spacial score (nSPS) is 30.2. The third-order valence-electron chi connectivity index (χ3n) is 4.98. The summed E-state index contributed by atoms with van der Waals surface area (Å²) < 4.78 is 0. The molecule has 2 heterocycles. The maximum absolute atomic E-state index is 9.53. The Bertz CT molecular complexity index is 711. The molecule has 5 heteroatoms. The number of pyridine rings is 1. The van der Waals surface area contributed by atoms with Crippen LogP contribution in [0, 0.1) is 23.2 Å². The molecule has 0 saturated heterocycles. The zero-order chi connectivity index (χ0) is 16.9. The van der Waals surface area contributed by atoms with Crippen molar-refractivity contribution in [3.63, 3.8) is 0 Å². The number of nitriles is 1. The Morgan fingerprint density at radius 1 is 1.33 bits per heavy atom. The minimum Gasteiger partial charge on any atom is -0.333 e. The highest BCUT2D eigenvalue weighted by Crippen LogP contribution is 2.31. The lowest BCUT2D eigenvalue weighted by molar-refractivity contribution is 0.241. The Balaban J connectivity index is 1.85. The minimum atomic E-state index is 0.317. The Morgan fingerprint density at radius 2 is 2.21 bits per heavy atom. The number of nitrogens with zero attached hydrogens (tertiary/aromatic N) is 3. The monoisotopic (exact) mass is 321 g/mol. The summed E-state index contributed by atoms with van der Waals surface area (Å²) in [6.07, 6.45) is 8.99. The zero-order valence-corrected chi connectivity index (χ0v) is 14.2. The van der Waals surface area contributed by atoms with Crippen LogP contribution in [0.2, 0.25) is 0 Å². The highest BCUT2D eigenvalue weighted by molar-refractivity contribution is 5.89. The SMILES string of the molecule is CC1CCCC(N=C2NC=CC(=C(C#N)c3ccccn3)N2)C1C. The van der Waals surface area contributed by atoms with Crippen LogP contribution in [0.4, 0.5) is 0 Å². The second-order valence-corrected chi connectivity index (χ2v) is 6.53. The van der Waals surface area contributed by atoms with Gasteiger partial charge in [-0.2, -0.15) is 5.26 Å². The maximum Gasteiger partial charge on any atom is 0.200 e. The van der Waals surface area contributed by atoms with E-state index in [1.807, 2.05) is 30.5 Å². The number of nitrogens with one attached hydrogen (secondary N) is 2. The van der Waals surface area contributed by atoms with Crippen molar-refractivity contribution in [3.8, 4) is 6.07 Å². The first kappa shape index (κ1) is 16.3. The summed E-state index contributed by atoms with van der Waals surface area (Å²) in [4.78, 5) is 9.14. The number of hydrogen-bond acceptors (Lipinski definition) is 3. The molecule has 1 fully saturated rings. The molecule has 1 aromatic rings. The second kappa shape index (κ2) is 7.31. The quantitative estimate of drug-likeness (QED) is 0.820. The van der Waals surface area contributed by atoms with Crippen molar-refractivity contribution in [1.29, 1.82) is 5.26 Å². The highest BCUT2D eigenvalue weighted by Gasteiger charge is 2.27. The molecule has 0 amide bonds. The molecular weight excluding hydrogens is 298 g/mol. The Labute approximate surface area is 143 Å². The van der Waals surface area contributed by atoms with Gasteiger partial charge in [-0.1, -0.05) is 32.8 Å². The zero-order valence-electron chi connectivity index (χ0n) is 14.2. The van der Waals surface area contributed by atoms with E-state index < -0.39 is 0 Å². The molecule has 2 N–H and O–H groups in total. The molecule has 5 nitrogen and oxygen atoms in total. The molecular formula is C19H23N5. The van der Waals surface area contributed by atoms with E-state index in [-0.39, 0.29) is 0 Å². The molecule has 3 unspecified atom stereocenters. The van der Waals surface area contributed by atoms with E-state index in [1.165, 1.54) is 12.8 Å². The molecule has 2 aliphatic rings. The largest absolute Gasteiger partial charge is 0.333 e. The van der Waals surface area contributed by atoms with Crippen LogP contribution in [0.15, 0.2) is 47.4 Å². The van der Waals surface area contributed by atoms with Gasteiger partial charge >= 0.3 is 0 Å². The minimum absolute atomic E-state index is 0.317. The first-order chi connectivity index (χ1) is 11.7. The van der Waals surface area contributed by atoms with Crippen molar-refractivity contribution in [2.45, 2.75) is 39.2 Å². The van der Waals surface area contributed by atoms with E-state index in [1.54, 1.807) is 6.20 Å². The van der Waals surface area contributed by atoms with Crippen LogP contribution in [0.3, 0.4) is 0 Å². The summed E-state index contributed by atoms with van der Waals surface area (Å²) in [6, 6.07) is 8.12. The second-order valence-electron chi connectivity index (χ2n) is 6.53. The number of rotatable bonds is 2. The first-order valence-corrected chi connectivity index (χ1v) is 8.52. The Morgan fingerprint density at radius 3 is 2.96 bits per heavy atom. The molecule has 124 valence electrons. The van der Waals surface area contributed by atoms with Gasteiger partial charge in [0, 0.05) is 12.4 Å². The molecule has 0 spiro atoms. The molecule has 1 aromatic heterocycles. The topological polar surface area (TPSA) is 73.1 Å². The molecule has 0 aromatic carbocycles. The number of guanidine groups is 1. The molecule has 1 saturated carbocycles. The molecule has 0 radical (unpaired) electrons. The van der Waals surface area contributed by atoms with Gasteiger partial charge < -0.3 is 10.6 Å². The summed E-state index contributed by atoms with van der Waals surface area (Å²) in [5, 5.41) is 15.9. The standard InChI is InChI=1S/C19H23N5/c1-13-6-5-8-16(14(13)2)23-19-22-11-9-18(24-19)15(12-20)17-7-3-4-10-21-17/h3-4,7,9-11,13-14,16H,5-6,8H2,1-2H3,(H2,22,23,24). The van der Waals surface area contributed by atoms with Gasteiger partial charge in [0.05, 0.1) is 17.4 Å². The number of aromatic nitrogens is 1. The summed E-state index contributed by atoms with van der Waals surface area (Å²) in [5.74, 6) is 1.98. The molecule has 3 atom stereocenters. The number of aliphatic imine (C=N–C) groups is 1. The van der Waals surface area contributed by atoms with Crippen LogP contribution in [-0.2, 0) is 0 Å². The molecule has 1 aliphatic carbocycles. The van der Waals surface area contributed by atoms with Crippen LogP contribution in [0.1, 0.15) is 38.8 Å². The fraction of sp³-hybridized carbons (Fsp3) is 0.421. The molecule has 1 aliphatic heterocycles. The van der Waals surface area contributed by atoms with Gasteiger partial charge in [-0.05, 0) is 36.5 Å². The number of hydrogen-bond donors (Lipinski definition) is 2. The first-order valence-electron chi connectivity index (χ1n) is 8.52. The summed E-state index contributed by atoms with van der Waals surface area (Å²) in [7, 11) is 0. The van der Waals surface area contributed by atoms with E-state index in [2.05, 4.69) is 35.5 Å². The molecule has 24 heavy (non-hydrogen) atoms. The van der Waals surface area contributed by atoms with Gasteiger partial charge in [0.15, 0.2) is 5.96 Å². The van der Waals surface area contributed by atoms with Crippen molar-refractivity contribution in [3.05, 3.63) is 48.1 Å². The van der Waals surface area contributed by atoms with Crippen molar-refractivity contribution >= 4 is 11.5 Å². The lowest BCUT2D eigenvalue weighted by atomic mass is 9.78. The summed E-state index contributed by atoms with van der Waals surface area (Å²) in [6.45, 7) is 4.58. The van der Waals surface area contributed by atoms with Crippen molar-refractivity contribution in [2.24, 2.45) is 16.8 Å². The van der Waals surface area contributed by atoms with Crippen LogP contribution in [0.25, 0.3) is 5.57 Å². The van der Waals surface area contributed by atoms with Crippen LogP contribution in [-0.4, -0.2) is 17.0 Å². The van der Waals surface area contributed by atoms with Gasteiger partial charge in [0.2, 0.25) is 0 Å². The number of allylic oxidation sites excluding steroid dienone is 2. The van der Waals surface area contributed by atoms with E-state index in [0.29, 0.717) is 35.1 Å². The average Bonchev–Trinajstić information content (AvgIpc) is 2.61. The van der Waals surface area contributed by atoms with E-state index in [9.17, 15) is 5.26 Å². The Kier molecular flexibility index (Phi) is 4.95. The van der Waals surface area contributed by atoms with Crippen LogP contribution in [0.5, 0.6) is 0 Å². The average molecular weight is 321 g/mol. The smallest absolute Gasteiger partial charge is 0.200 e. The maximum atomic E-state index is 9.53. The van der Waals surface area contributed by atoms with E-state index in [0.717, 1.165) is 12.1 Å². The predicted molar refractivity (Wildman–Crippen MR) is 95.6 cm³/mol. The van der Waals surface area contributed by atoms with Gasteiger partial charge in [0.25, 0.3) is 0 Å². The van der Waals surface area contributed by atoms with Gasteiger partial charge in [0.1, 0.15) is 11.6 Å². The Hall–Kier alpha value is -2.61. The lowest BCUT2D eigenvalue weighted by Crippen LogP contribution is -2.40. The van der Waals surface area contributed by atoms with Gasteiger partial charge in [-0.3, -0.25) is 4.98 Å². The van der Waals surface area contributed by atoms with Crippen molar-refractivity contribution in [1.82, 2.24) is 15.6 Å².